The maximum Gasteiger partial charge on any atom is 0.199 e. The van der Waals surface area contributed by atoms with Gasteiger partial charge in [-0.05, 0) is 18.2 Å². The molecule has 0 aliphatic carbocycles. The molecule has 35 heavy (non-hydrogen) atoms. The van der Waals surface area contributed by atoms with Gasteiger partial charge in [0.25, 0.3) is 0 Å². The highest BCUT2D eigenvalue weighted by Crippen LogP contribution is 2.36. The molecular weight excluding hydrogens is 534 g/mol. The second-order valence-corrected chi connectivity index (χ2v) is 9.38. The molecule has 5 rings (SSSR count). The quantitative estimate of drug-likeness (QED) is 0.318. The summed E-state index contributed by atoms with van der Waals surface area (Å²) < 4.78 is 6.11. The summed E-state index contributed by atoms with van der Waals surface area (Å²) in [5.74, 6) is 0.0682. The standard InChI is InChI=1S/C25H28BrN5O3.ClH/c1-33-14-12-30-8-10-31(11-9-30)13-15-34-29-23-19-4-2-3-5-20(19)27-24(23)22-18-7-6-17(26)16-21(18)28-25(22)32;/h2-7,16,28,32H,8-15H2,1H3;1H/b29-23+;. The smallest absolute Gasteiger partial charge is 0.199 e. The van der Waals surface area contributed by atoms with Crippen molar-refractivity contribution < 1.29 is 14.7 Å². The Labute approximate surface area is 219 Å². The molecule has 0 bridgehead atoms. The molecule has 1 aromatic heterocycles. The van der Waals surface area contributed by atoms with E-state index in [9.17, 15) is 5.11 Å². The number of methoxy groups -OCH3 is 1. The number of aromatic nitrogens is 1. The van der Waals surface area contributed by atoms with E-state index in [0.717, 1.165) is 72.5 Å². The number of rotatable bonds is 8. The van der Waals surface area contributed by atoms with Crippen LogP contribution in [0, 0.1) is 0 Å². The van der Waals surface area contributed by atoms with Gasteiger partial charge in [-0.2, -0.15) is 0 Å². The number of halogens is 2. The van der Waals surface area contributed by atoms with Gasteiger partial charge in [0.15, 0.2) is 5.88 Å². The number of benzene rings is 2. The highest BCUT2D eigenvalue weighted by Gasteiger charge is 2.29. The minimum absolute atomic E-state index is 0. The first kappa shape index (κ1) is 25.7. The van der Waals surface area contributed by atoms with E-state index in [0.29, 0.717) is 23.6 Å². The summed E-state index contributed by atoms with van der Waals surface area (Å²) in [6, 6.07) is 13.7. The van der Waals surface area contributed by atoms with Gasteiger partial charge < -0.3 is 19.7 Å². The number of hydrogen-bond donors (Lipinski definition) is 2. The lowest BCUT2D eigenvalue weighted by Crippen LogP contribution is -2.48. The van der Waals surface area contributed by atoms with Crippen LogP contribution in [0.5, 0.6) is 5.88 Å². The fourth-order valence-corrected chi connectivity index (χ4v) is 4.83. The highest BCUT2D eigenvalue weighted by atomic mass is 79.9. The summed E-state index contributed by atoms with van der Waals surface area (Å²) >= 11 is 3.49. The molecule has 1 fully saturated rings. The van der Waals surface area contributed by atoms with Gasteiger partial charge >= 0.3 is 0 Å². The zero-order valence-electron chi connectivity index (χ0n) is 19.5. The van der Waals surface area contributed by atoms with E-state index < -0.39 is 0 Å². The molecule has 3 heterocycles. The van der Waals surface area contributed by atoms with E-state index in [-0.39, 0.29) is 18.3 Å². The minimum Gasteiger partial charge on any atom is -0.494 e. The van der Waals surface area contributed by atoms with E-state index >= 15 is 0 Å². The van der Waals surface area contributed by atoms with Crippen molar-refractivity contribution in [3.8, 4) is 5.88 Å². The third kappa shape index (κ3) is 5.54. The molecule has 1 saturated heterocycles. The third-order valence-electron chi connectivity index (χ3n) is 6.32. The van der Waals surface area contributed by atoms with Gasteiger partial charge in [0.1, 0.15) is 18.0 Å². The van der Waals surface area contributed by atoms with Crippen LogP contribution in [0.4, 0.5) is 5.69 Å². The van der Waals surface area contributed by atoms with E-state index in [1.54, 1.807) is 7.11 Å². The number of H-pyrrole nitrogens is 1. The molecule has 0 spiro atoms. The van der Waals surface area contributed by atoms with Crippen molar-refractivity contribution in [1.82, 2.24) is 14.8 Å². The first-order valence-corrected chi connectivity index (χ1v) is 12.3. The molecule has 0 atom stereocenters. The fraction of sp³-hybridized carbons (Fsp3) is 0.360. The molecule has 2 aromatic carbocycles. The number of aromatic amines is 1. The van der Waals surface area contributed by atoms with E-state index in [2.05, 4.69) is 35.9 Å². The van der Waals surface area contributed by atoms with Crippen LogP contribution in [0.3, 0.4) is 0 Å². The zero-order chi connectivity index (χ0) is 23.5. The monoisotopic (exact) mass is 561 g/mol. The molecule has 2 N–H and O–H groups in total. The lowest BCUT2D eigenvalue weighted by atomic mass is 10.0. The lowest BCUT2D eigenvalue weighted by molar-refractivity contribution is 0.0678. The molecule has 8 nitrogen and oxygen atoms in total. The van der Waals surface area contributed by atoms with Gasteiger partial charge in [0.2, 0.25) is 0 Å². The number of ether oxygens (including phenoxy) is 1. The molecule has 0 amide bonds. The average molecular weight is 563 g/mol. The summed E-state index contributed by atoms with van der Waals surface area (Å²) in [5, 5.41) is 16.1. The number of aliphatic imine (C=N–C) groups is 1. The number of oxime groups is 1. The largest absolute Gasteiger partial charge is 0.494 e. The van der Waals surface area contributed by atoms with Crippen molar-refractivity contribution in [1.29, 1.82) is 0 Å². The predicted molar refractivity (Wildman–Crippen MR) is 145 cm³/mol. The first-order valence-electron chi connectivity index (χ1n) is 11.5. The van der Waals surface area contributed by atoms with E-state index in [1.165, 1.54) is 0 Å². The van der Waals surface area contributed by atoms with Crippen molar-refractivity contribution in [3.63, 3.8) is 0 Å². The summed E-state index contributed by atoms with van der Waals surface area (Å²) in [5.41, 5.74) is 4.42. The first-order chi connectivity index (χ1) is 16.6. The zero-order valence-corrected chi connectivity index (χ0v) is 21.9. The summed E-state index contributed by atoms with van der Waals surface area (Å²) in [4.78, 5) is 18.5. The Balaban J connectivity index is 0.00000289. The molecule has 0 saturated carbocycles. The Hall–Kier alpha value is -2.43. The van der Waals surface area contributed by atoms with Crippen LogP contribution in [0.25, 0.3) is 10.9 Å². The normalized spacial score (nSPS) is 17.4. The highest BCUT2D eigenvalue weighted by molar-refractivity contribution is 9.10. The average Bonchev–Trinajstić information content (AvgIpc) is 3.36. The number of hydrogen-bond acceptors (Lipinski definition) is 7. The van der Waals surface area contributed by atoms with Crippen molar-refractivity contribution in [2.75, 3.05) is 59.6 Å². The van der Waals surface area contributed by atoms with Gasteiger partial charge in [-0.15, -0.1) is 12.4 Å². The number of nitrogens with zero attached hydrogens (tertiary/aromatic N) is 4. The molecular formula is C25H29BrClN5O3. The Morgan fingerprint density at radius 3 is 2.51 bits per heavy atom. The Bertz CT molecular complexity index is 1240. The maximum absolute atomic E-state index is 10.7. The number of nitrogens with one attached hydrogen (secondary N) is 1. The van der Waals surface area contributed by atoms with Crippen LogP contribution < -0.4 is 0 Å². The summed E-state index contributed by atoms with van der Waals surface area (Å²) in [6.45, 7) is 7.16. The van der Waals surface area contributed by atoms with Crippen LogP contribution >= 0.6 is 28.3 Å². The fourth-order valence-electron chi connectivity index (χ4n) is 4.47. The van der Waals surface area contributed by atoms with Gasteiger partial charge in [-0.25, -0.2) is 4.99 Å². The van der Waals surface area contributed by atoms with E-state index in [1.807, 2.05) is 42.5 Å². The molecule has 0 radical (unpaired) electrons. The van der Waals surface area contributed by atoms with Gasteiger partial charge in [0.05, 0.1) is 23.4 Å². The summed E-state index contributed by atoms with van der Waals surface area (Å²) in [6.07, 6.45) is 0. The molecule has 2 aliphatic rings. The molecule has 10 heteroatoms. The van der Waals surface area contributed by atoms with Crippen molar-refractivity contribution in [2.24, 2.45) is 10.1 Å². The Kier molecular flexibility index (Phi) is 8.46. The SMILES string of the molecule is COCCN1CCN(CCO/N=C2/C(c3c(O)[nH]c4cc(Br)ccc34)=Nc3ccccc32)CC1.Cl. The van der Waals surface area contributed by atoms with Crippen LogP contribution in [0.2, 0.25) is 0 Å². The number of piperazine rings is 1. The van der Waals surface area contributed by atoms with Crippen molar-refractivity contribution in [2.45, 2.75) is 0 Å². The van der Waals surface area contributed by atoms with Crippen molar-refractivity contribution >= 4 is 56.4 Å². The molecule has 186 valence electrons. The van der Waals surface area contributed by atoms with Crippen LogP contribution in [-0.2, 0) is 9.57 Å². The van der Waals surface area contributed by atoms with Gasteiger partial charge in [-0.1, -0.05) is 45.4 Å². The van der Waals surface area contributed by atoms with Crippen molar-refractivity contribution in [3.05, 3.63) is 58.1 Å². The lowest BCUT2D eigenvalue weighted by Gasteiger charge is -2.34. The number of aromatic hydroxyl groups is 1. The third-order valence-corrected chi connectivity index (χ3v) is 6.82. The molecule has 2 aliphatic heterocycles. The molecule has 3 aromatic rings. The Morgan fingerprint density at radius 2 is 1.77 bits per heavy atom. The number of para-hydroxylation sites is 1. The van der Waals surface area contributed by atoms with Crippen LogP contribution in [0.1, 0.15) is 11.1 Å². The van der Waals surface area contributed by atoms with Crippen LogP contribution in [0.15, 0.2) is 57.1 Å². The van der Waals surface area contributed by atoms with E-state index in [4.69, 9.17) is 14.6 Å². The van der Waals surface area contributed by atoms with Gasteiger partial charge in [-0.3, -0.25) is 9.80 Å². The Morgan fingerprint density at radius 1 is 1.06 bits per heavy atom. The molecule has 0 unspecified atom stereocenters. The second-order valence-electron chi connectivity index (χ2n) is 8.47. The summed E-state index contributed by atoms with van der Waals surface area (Å²) in [7, 11) is 1.74. The predicted octanol–water partition coefficient (Wildman–Crippen LogP) is 4.18. The second kappa shape index (κ2) is 11.5. The van der Waals surface area contributed by atoms with Crippen LogP contribution in [-0.4, -0.2) is 90.9 Å². The topological polar surface area (TPSA) is 85.7 Å². The number of fused-ring (bicyclic) bond motifs is 2. The maximum atomic E-state index is 10.7. The van der Waals surface area contributed by atoms with Gasteiger partial charge in [0, 0.05) is 61.8 Å². The minimum atomic E-state index is 0.